The first kappa shape index (κ1) is 65.2. The smallest absolute Gasteiger partial charge is 0.362 e. The molecule has 0 aromatic heterocycles. The zero-order valence-electron chi connectivity index (χ0n) is 44.8. The van der Waals surface area contributed by atoms with Gasteiger partial charge in [-0.05, 0) is 51.4 Å². The molecule has 0 bridgehead atoms. The molecule has 0 radical (unpaired) electrons. The molecule has 0 aromatic carbocycles. The molecule has 0 aliphatic carbocycles. The van der Waals surface area contributed by atoms with Gasteiger partial charge in [-0.25, -0.2) is 9.59 Å². The van der Waals surface area contributed by atoms with Crippen molar-refractivity contribution in [3.63, 3.8) is 0 Å². The lowest BCUT2D eigenvalue weighted by Gasteiger charge is -2.30. The van der Waals surface area contributed by atoms with Crippen molar-refractivity contribution < 1.29 is 66.8 Å². The van der Waals surface area contributed by atoms with Gasteiger partial charge in [0, 0.05) is 20.3 Å². The third-order valence-corrected chi connectivity index (χ3v) is 12.8. The van der Waals surface area contributed by atoms with Gasteiger partial charge in [-0.1, -0.05) is 149 Å². The second-order valence-electron chi connectivity index (χ2n) is 20.8. The van der Waals surface area contributed by atoms with E-state index < -0.39 is 24.4 Å². The van der Waals surface area contributed by atoms with Gasteiger partial charge < -0.3 is 42.9 Å². The third-order valence-electron chi connectivity index (χ3n) is 12.8. The molecular weight excluding hydrogens is 869 g/mol. The number of carbonyl (C=O) groups excluding carboxylic acids is 5. The summed E-state index contributed by atoms with van der Waals surface area (Å²) in [4.78, 5) is 60.6. The van der Waals surface area contributed by atoms with E-state index in [-0.39, 0.29) is 56.1 Å². The highest BCUT2D eigenvalue weighted by molar-refractivity contribution is 5.71. The minimum atomic E-state index is -0.690. The molecule has 4 unspecified atom stereocenters. The molecule has 0 aliphatic heterocycles. The predicted molar refractivity (Wildman–Crippen MR) is 270 cm³/mol. The number of nitrogens with zero attached hydrogens (tertiary/aromatic N) is 2. The predicted octanol–water partition coefficient (Wildman–Crippen LogP) is 10.1. The van der Waals surface area contributed by atoms with Crippen molar-refractivity contribution in [1.29, 1.82) is 0 Å². The van der Waals surface area contributed by atoms with Gasteiger partial charge in [-0.15, -0.1) is 0 Å². The van der Waals surface area contributed by atoms with E-state index in [4.69, 9.17) is 23.7 Å². The van der Waals surface area contributed by atoms with Crippen molar-refractivity contribution in [2.45, 2.75) is 245 Å². The van der Waals surface area contributed by atoms with E-state index in [1.165, 1.54) is 52.4 Å². The minimum absolute atomic E-state index is 0.132. The fourth-order valence-corrected chi connectivity index (χ4v) is 8.35. The molecule has 0 aromatic rings. The third kappa shape index (κ3) is 41.0. The molecule has 0 rings (SSSR count). The number of carbonyl (C=O) groups is 5. The average molecular weight is 973 g/mol. The minimum Gasteiger partial charge on any atom is -0.466 e. The molecule has 14 nitrogen and oxygen atoms in total. The Bertz CT molecular complexity index is 1200. The Morgan fingerprint density at radius 3 is 1.09 bits per heavy atom. The van der Waals surface area contributed by atoms with Crippen LogP contribution in [0.15, 0.2) is 0 Å². The van der Waals surface area contributed by atoms with Crippen molar-refractivity contribution in [2.24, 2.45) is 0 Å². The highest BCUT2D eigenvalue weighted by Crippen LogP contribution is 2.21. The summed E-state index contributed by atoms with van der Waals surface area (Å²) in [6.45, 7) is 9.28. The highest BCUT2D eigenvalue weighted by atomic mass is 16.6. The first-order chi connectivity index (χ1) is 32.4. The van der Waals surface area contributed by atoms with Crippen LogP contribution >= 0.6 is 0 Å². The van der Waals surface area contributed by atoms with Crippen molar-refractivity contribution in [2.75, 3.05) is 74.2 Å². The molecule has 0 saturated heterocycles. The van der Waals surface area contributed by atoms with Gasteiger partial charge >= 0.3 is 29.8 Å². The quantitative estimate of drug-likeness (QED) is 0.0256. The molecule has 0 spiro atoms. The molecule has 0 saturated carbocycles. The number of quaternary nitrogens is 2. The number of aliphatic hydroxyl groups is 2. The Morgan fingerprint density at radius 2 is 0.721 bits per heavy atom. The van der Waals surface area contributed by atoms with Crippen LogP contribution in [0.2, 0.25) is 0 Å². The number of aliphatic hydroxyl groups excluding tert-OH is 2. The molecular formula is C54H104N2O12+2. The zero-order chi connectivity index (χ0) is 50.9. The largest absolute Gasteiger partial charge is 0.466 e. The lowest BCUT2D eigenvalue weighted by molar-refractivity contribution is -0.883. The van der Waals surface area contributed by atoms with E-state index in [9.17, 15) is 34.2 Å². The number of hydrogen-bond donors (Lipinski definition) is 2. The van der Waals surface area contributed by atoms with Crippen LogP contribution in [0.3, 0.4) is 0 Å². The van der Waals surface area contributed by atoms with Crippen molar-refractivity contribution in [3.8, 4) is 0 Å². The maximum absolute atomic E-state index is 13.0. The average Bonchev–Trinajstić information content (AvgIpc) is 3.25. The van der Waals surface area contributed by atoms with Gasteiger partial charge in [-0.3, -0.25) is 14.4 Å². The molecule has 4 atom stereocenters. The first-order valence-corrected chi connectivity index (χ1v) is 27.2. The fourth-order valence-electron chi connectivity index (χ4n) is 8.35. The molecule has 68 heavy (non-hydrogen) atoms. The number of unbranched alkanes of at least 4 members (excludes halogenated alkanes) is 21. The standard InChI is InChI=1S/C54H104N2O12/c1-9-11-13-15-22-28-34-48(59)50(67-53(62)44-55(5,6)39-42-64-46(3)57)36-30-24-18-17-19-26-32-38-52(61)66-41-33-27-21-20-25-31-37-51(49(60)35-29-23-16-14-12-10-2)68-54(63)45-56(7,8)40-43-65-47(4)58/h48-51,59-60H,9-45H2,1-8H3/q+2. The summed E-state index contributed by atoms with van der Waals surface area (Å²) in [7, 11) is 7.59. The molecule has 14 heteroatoms. The first-order valence-electron chi connectivity index (χ1n) is 27.2. The van der Waals surface area contributed by atoms with Crippen LogP contribution in [0.4, 0.5) is 0 Å². The number of ether oxygens (including phenoxy) is 5. The number of likely N-dealkylation sites (N-methyl/N-ethyl adjacent to an activating group) is 2. The summed E-state index contributed by atoms with van der Waals surface area (Å²) < 4.78 is 28.1. The Hall–Kier alpha value is -2.81. The van der Waals surface area contributed by atoms with Gasteiger partial charge in [0.2, 0.25) is 0 Å². The van der Waals surface area contributed by atoms with E-state index in [1.54, 1.807) is 0 Å². The highest BCUT2D eigenvalue weighted by Gasteiger charge is 2.29. The summed E-state index contributed by atoms with van der Waals surface area (Å²) in [6.07, 6.45) is 26.5. The van der Waals surface area contributed by atoms with Gasteiger partial charge in [-0.2, -0.15) is 0 Å². The Balaban J connectivity index is 4.45. The van der Waals surface area contributed by atoms with Gasteiger partial charge in [0.25, 0.3) is 0 Å². The Labute approximate surface area is 414 Å². The molecule has 0 amide bonds. The summed E-state index contributed by atoms with van der Waals surface area (Å²) in [6, 6.07) is 0. The lowest BCUT2D eigenvalue weighted by atomic mass is 9.99. The summed E-state index contributed by atoms with van der Waals surface area (Å²) in [5.74, 6) is -1.52. The van der Waals surface area contributed by atoms with Crippen LogP contribution < -0.4 is 0 Å². The maximum Gasteiger partial charge on any atom is 0.362 e. The molecule has 0 heterocycles. The van der Waals surface area contributed by atoms with E-state index >= 15 is 0 Å². The Kier molecular flexibility index (Phi) is 40.2. The lowest BCUT2D eigenvalue weighted by Crippen LogP contribution is -2.47. The fraction of sp³-hybridized carbons (Fsp3) is 0.907. The number of esters is 5. The van der Waals surface area contributed by atoms with Gasteiger partial charge in [0.1, 0.15) is 38.5 Å². The van der Waals surface area contributed by atoms with E-state index in [0.717, 1.165) is 122 Å². The zero-order valence-corrected chi connectivity index (χ0v) is 44.8. The molecule has 400 valence electrons. The van der Waals surface area contributed by atoms with Gasteiger partial charge in [0.15, 0.2) is 13.1 Å². The molecule has 0 fully saturated rings. The van der Waals surface area contributed by atoms with E-state index in [1.807, 2.05) is 28.2 Å². The summed E-state index contributed by atoms with van der Waals surface area (Å²) in [5, 5.41) is 22.1. The second kappa shape index (κ2) is 41.9. The number of hydrogen-bond acceptors (Lipinski definition) is 12. The maximum atomic E-state index is 13.0. The summed E-state index contributed by atoms with van der Waals surface area (Å²) in [5.41, 5.74) is 0. The van der Waals surface area contributed by atoms with E-state index in [2.05, 4.69) is 13.8 Å². The van der Waals surface area contributed by atoms with Crippen LogP contribution in [-0.2, 0) is 47.7 Å². The van der Waals surface area contributed by atoms with Crippen molar-refractivity contribution in [3.05, 3.63) is 0 Å². The second-order valence-corrected chi connectivity index (χ2v) is 20.8. The SMILES string of the molecule is CCCCCCCCC(O)C(CCCCCCCCCC(=O)OCCCCCCCCC(OC(=O)C[N+](C)(C)CCOC(C)=O)C(O)CCCCCCCC)OC(=O)C[N+](C)(C)CCOC(C)=O. The van der Waals surface area contributed by atoms with Crippen LogP contribution in [0.5, 0.6) is 0 Å². The van der Waals surface area contributed by atoms with Crippen LogP contribution in [-0.4, -0.2) is 148 Å². The van der Waals surface area contributed by atoms with Crippen LogP contribution in [0.25, 0.3) is 0 Å². The van der Waals surface area contributed by atoms with Crippen molar-refractivity contribution in [1.82, 2.24) is 0 Å². The van der Waals surface area contributed by atoms with Crippen LogP contribution in [0, 0.1) is 0 Å². The monoisotopic (exact) mass is 973 g/mol. The molecule has 0 aliphatic rings. The number of rotatable bonds is 47. The Morgan fingerprint density at radius 1 is 0.397 bits per heavy atom. The van der Waals surface area contributed by atoms with Crippen molar-refractivity contribution >= 4 is 29.8 Å². The van der Waals surface area contributed by atoms with Crippen LogP contribution in [0.1, 0.15) is 220 Å². The van der Waals surface area contributed by atoms with E-state index in [0.29, 0.717) is 60.8 Å². The van der Waals surface area contributed by atoms with Gasteiger partial charge in [0.05, 0.1) is 47.0 Å². The normalized spacial score (nSPS) is 13.6. The summed E-state index contributed by atoms with van der Waals surface area (Å²) >= 11 is 0. The topological polar surface area (TPSA) is 172 Å². The molecule has 2 N–H and O–H groups in total.